The molecule has 3 nitrogen and oxygen atoms in total. The van der Waals surface area contributed by atoms with Crippen molar-refractivity contribution < 1.29 is 4.79 Å². The maximum absolute atomic E-state index is 11.7. The predicted octanol–water partition coefficient (Wildman–Crippen LogP) is 1.56. The van der Waals surface area contributed by atoms with Crippen molar-refractivity contribution in [1.29, 1.82) is 0 Å². The van der Waals surface area contributed by atoms with E-state index in [4.69, 9.17) is 5.73 Å². The topological polar surface area (TPSA) is 56.0 Å². The summed E-state index contributed by atoms with van der Waals surface area (Å²) in [7, 11) is 0. The lowest BCUT2D eigenvalue weighted by Crippen LogP contribution is -2.15. The predicted molar refractivity (Wildman–Crippen MR) is 56.1 cm³/mol. The molecule has 1 aromatic rings. The second-order valence-corrected chi connectivity index (χ2v) is 3.72. The molecular formula is C11H16N2O. The number of rotatable bonds is 4. The summed E-state index contributed by atoms with van der Waals surface area (Å²) in [6.45, 7) is 4.45. The summed E-state index contributed by atoms with van der Waals surface area (Å²) in [5.41, 5.74) is 7.16. The van der Waals surface area contributed by atoms with Gasteiger partial charge in [0.25, 0.3) is 0 Å². The highest BCUT2D eigenvalue weighted by Crippen LogP contribution is 2.09. The van der Waals surface area contributed by atoms with Crippen molar-refractivity contribution in [2.24, 2.45) is 11.7 Å². The summed E-state index contributed by atoms with van der Waals surface area (Å²) in [6.07, 6.45) is 3.85. The van der Waals surface area contributed by atoms with Crippen molar-refractivity contribution >= 4 is 5.78 Å². The van der Waals surface area contributed by atoms with E-state index in [0.29, 0.717) is 18.5 Å². The smallest absolute Gasteiger partial charge is 0.164 e. The molecule has 1 atom stereocenters. The second-order valence-electron chi connectivity index (χ2n) is 3.72. The molecule has 0 aliphatic rings. The molecule has 2 N–H and O–H groups in total. The van der Waals surface area contributed by atoms with Crippen LogP contribution in [0.3, 0.4) is 0 Å². The third-order valence-corrected chi connectivity index (χ3v) is 2.13. The maximum atomic E-state index is 11.7. The van der Waals surface area contributed by atoms with Gasteiger partial charge < -0.3 is 5.73 Å². The number of nitrogens with zero attached hydrogens (tertiary/aromatic N) is 1. The van der Waals surface area contributed by atoms with Crippen LogP contribution in [0.15, 0.2) is 18.5 Å². The summed E-state index contributed by atoms with van der Waals surface area (Å²) < 4.78 is 0. The first-order valence-electron chi connectivity index (χ1n) is 4.78. The van der Waals surface area contributed by atoms with Crippen LogP contribution in [0.1, 0.15) is 29.3 Å². The van der Waals surface area contributed by atoms with Gasteiger partial charge in [0.15, 0.2) is 5.78 Å². The monoisotopic (exact) mass is 192 g/mol. The number of carbonyl (C=O) groups excluding carboxylic acids is 1. The number of hydrogen-bond acceptors (Lipinski definition) is 3. The van der Waals surface area contributed by atoms with Gasteiger partial charge in [-0.05, 0) is 31.0 Å². The van der Waals surface area contributed by atoms with Crippen LogP contribution in [0.5, 0.6) is 0 Å². The Kier molecular flexibility index (Phi) is 3.77. The summed E-state index contributed by atoms with van der Waals surface area (Å²) >= 11 is 0. The van der Waals surface area contributed by atoms with Crippen molar-refractivity contribution in [2.75, 3.05) is 6.54 Å². The van der Waals surface area contributed by atoms with Gasteiger partial charge in [-0.25, -0.2) is 0 Å². The standard InChI is InChI=1S/C11H16N2O/c1-8(5-12)4-11(14)10-3-9(2)6-13-7-10/h3,6-8H,4-5,12H2,1-2H3. The first kappa shape index (κ1) is 10.9. The van der Waals surface area contributed by atoms with Crippen molar-refractivity contribution in [3.63, 3.8) is 0 Å². The minimum Gasteiger partial charge on any atom is -0.330 e. The Morgan fingerprint density at radius 3 is 2.86 bits per heavy atom. The average molecular weight is 192 g/mol. The van der Waals surface area contributed by atoms with Crippen molar-refractivity contribution in [2.45, 2.75) is 20.3 Å². The number of ketones is 1. The van der Waals surface area contributed by atoms with Gasteiger partial charge in [0.1, 0.15) is 0 Å². The molecule has 1 unspecified atom stereocenters. The molecule has 0 spiro atoms. The molecule has 14 heavy (non-hydrogen) atoms. The highest BCUT2D eigenvalue weighted by molar-refractivity contribution is 5.96. The summed E-state index contributed by atoms with van der Waals surface area (Å²) in [5.74, 6) is 0.363. The molecule has 1 aromatic heterocycles. The minimum atomic E-state index is 0.124. The van der Waals surface area contributed by atoms with Crippen LogP contribution in [0.2, 0.25) is 0 Å². The normalized spacial score (nSPS) is 12.5. The zero-order valence-electron chi connectivity index (χ0n) is 8.66. The van der Waals surface area contributed by atoms with E-state index >= 15 is 0 Å². The molecule has 76 valence electrons. The van der Waals surface area contributed by atoms with E-state index in [2.05, 4.69) is 4.98 Å². The second kappa shape index (κ2) is 4.86. The molecule has 0 bridgehead atoms. The molecule has 0 saturated carbocycles. The SMILES string of the molecule is Cc1cncc(C(=O)CC(C)CN)c1. The van der Waals surface area contributed by atoms with Crippen molar-refractivity contribution in [1.82, 2.24) is 4.98 Å². The highest BCUT2D eigenvalue weighted by Gasteiger charge is 2.10. The number of hydrogen-bond donors (Lipinski definition) is 1. The van der Waals surface area contributed by atoms with Crippen LogP contribution in [-0.2, 0) is 0 Å². The van der Waals surface area contributed by atoms with Gasteiger partial charge in [0.05, 0.1) is 0 Å². The third-order valence-electron chi connectivity index (χ3n) is 2.13. The van der Waals surface area contributed by atoms with Crippen molar-refractivity contribution in [3.05, 3.63) is 29.6 Å². The molecule has 0 fully saturated rings. The average Bonchev–Trinajstić information content (AvgIpc) is 2.17. The molecule has 0 amide bonds. The first-order valence-corrected chi connectivity index (χ1v) is 4.78. The van der Waals surface area contributed by atoms with E-state index in [1.54, 1.807) is 12.4 Å². The number of aromatic nitrogens is 1. The molecule has 0 saturated heterocycles. The fourth-order valence-electron chi connectivity index (χ4n) is 1.23. The molecule has 0 aliphatic carbocycles. The Bertz CT molecular complexity index is 323. The van der Waals surface area contributed by atoms with E-state index in [1.807, 2.05) is 19.9 Å². The summed E-state index contributed by atoms with van der Waals surface area (Å²) in [4.78, 5) is 15.7. The van der Waals surface area contributed by atoms with Gasteiger partial charge in [-0.1, -0.05) is 6.92 Å². The molecule has 0 aliphatic heterocycles. The van der Waals surface area contributed by atoms with Crippen LogP contribution >= 0.6 is 0 Å². The number of Topliss-reactive ketones (excluding diaryl/α,β-unsaturated/α-hetero) is 1. The lowest BCUT2D eigenvalue weighted by atomic mass is 10.0. The van der Waals surface area contributed by atoms with Gasteiger partial charge in [-0.15, -0.1) is 0 Å². The Balaban J connectivity index is 2.70. The van der Waals surface area contributed by atoms with E-state index in [0.717, 1.165) is 5.56 Å². The molecule has 0 radical (unpaired) electrons. The Labute approximate surface area is 84.3 Å². The van der Waals surface area contributed by atoms with E-state index in [-0.39, 0.29) is 11.7 Å². The molecular weight excluding hydrogens is 176 g/mol. The maximum Gasteiger partial charge on any atom is 0.164 e. The highest BCUT2D eigenvalue weighted by atomic mass is 16.1. The number of pyridine rings is 1. The van der Waals surface area contributed by atoms with Crippen LogP contribution in [-0.4, -0.2) is 17.3 Å². The van der Waals surface area contributed by atoms with Gasteiger partial charge in [-0.3, -0.25) is 9.78 Å². The zero-order valence-corrected chi connectivity index (χ0v) is 8.66. The fraction of sp³-hybridized carbons (Fsp3) is 0.455. The molecule has 1 heterocycles. The zero-order chi connectivity index (χ0) is 10.6. The van der Waals surface area contributed by atoms with Crippen LogP contribution in [0.25, 0.3) is 0 Å². The summed E-state index contributed by atoms with van der Waals surface area (Å²) in [5, 5.41) is 0. The van der Waals surface area contributed by atoms with Crippen LogP contribution in [0.4, 0.5) is 0 Å². The van der Waals surface area contributed by atoms with E-state index < -0.39 is 0 Å². The lowest BCUT2D eigenvalue weighted by Gasteiger charge is -2.06. The number of nitrogens with two attached hydrogens (primary N) is 1. The Morgan fingerprint density at radius 2 is 2.29 bits per heavy atom. The fourth-order valence-corrected chi connectivity index (χ4v) is 1.23. The molecule has 0 aromatic carbocycles. The van der Waals surface area contributed by atoms with Gasteiger partial charge in [-0.2, -0.15) is 0 Å². The third kappa shape index (κ3) is 2.92. The largest absolute Gasteiger partial charge is 0.330 e. The van der Waals surface area contributed by atoms with Crippen molar-refractivity contribution in [3.8, 4) is 0 Å². The first-order chi connectivity index (χ1) is 6.63. The Hall–Kier alpha value is -1.22. The van der Waals surface area contributed by atoms with E-state index in [9.17, 15) is 4.79 Å². The van der Waals surface area contributed by atoms with Gasteiger partial charge in [0, 0.05) is 24.4 Å². The molecule has 1 rings (SSSR count). The minimum absolute atomic E-state index is 0.124. The van der Waals surface area contributed by atoms with E-state index in [1.165, 1.54) is 0 Å². The number of carbonyl (C=O) groups is 1. The van der Waals surface area contributed by atoms with Crippen LogP contribution < -0.4 is 5.73 Å². The summed E-state index contributed by atoms with van der Waals surface area (Å²) in [6, 6.07) is 1.86. The number of aryl methyl sites for hydroxylation is 1. The van der Waals surface area contributed by atoms with Gasteiger partial charge >= 0.3 is 0 Å². The van der Waals surface area contributed by atoms with Gasteiger partial charge in [0.2, 0.25) is 0 Å². The quantitative estimate of drug-likeness (QED) is 0.736. The Morgan fingerprint density at radius 1 is 1.57 bits per heavy atom. The molecule has 3 heteroatoms. The van der Waals surface area contributed by atoms with Crippen LogP contribution in [0, 0.1) is 12.8 Å². The lowest BCUT2D eigenvalue weighted by molar-refractivity contribution is 0.0965.